The van der Waals surface area contributed by atoms with Gasteiger partial charge in [-0.05, 0) is 30.3 Å². The number of hydrogen-bond donors (Lipinski definition) is 0. The molecule has 10 heteroatoms. The van der Waals surface area contributed by atoms with Gasteiger partial charge in [0.05, 0.1) is 34.5 Å². The molecule has 0 N–H and O–H groups in total. The standard InChI is InChI=1S/C23H17N5O4S/c1-31-20-10-6-5-9-19(20)27-18-12-11-16(28(29)30)13-17(18)24-23(27)33-14-21-25-26-22(32-21)15-7-3-2-4-8-15/h2-13H,14H2,1H3. The number of thioether (sulfide) groups is 1. The third kappa shape index (κ3) is 4.03. The Bertz CT molecular complexity index is 1450. The zero-order valence-electron chi connectivity index (χ0n) is 17.4. The molecule has 0 unspecified atom stereocenters. The molecule has 2 aromatic heterocycles. The molecule has 0 fully saturated rings. The van der Waals surface area contributed by atoms with Crippen LogP contribution in [0.4, 0.5) is 5.69 Å². The highest BCUT2D eigenvalue weighted by molar-refractivity contribution is 7.98. The average molecular weight is 459 g/mol. The highest BCUT2D eigenvalue weighted by Gasteiger charge is 2.19. The molecule has 0 spiro atoms. The third-order valence-corrected chi connectivity index (χ3v) is 5.88. The maximum atomic E-state index is 11.3. The van der Waals surface area contributed by atoms with Crippen LogP contribution < -0.4 is 4.74 Å². The van der Waals surface area contributed by atoms with Gasteiger partial charge in [-0.3, -0.25) is 14.7 Å². The number of fused-ring (bicyclic) bond motifs is 1. The van der Waals surface area contributed by atoms with E-state index in [0.29, 0.717) is 34.0 Å². The second kappa shape index (κ2) is 8.75. The lowest BCUT2D eigenvalue weighted by molar-refractivity contribution is -0.384. The Kier molecular flexibility index (Phi) is 5.49. The normalized spacial score (nSPS) is 11.1. The number of nitro groups is 1. The second-order valence-corrected chi connectivity index (χ2v) is 7.93. The van der Waals surface area contributed by atoms with Crippen molar-refractivity contribution in [1.29, 1.82) is 0 Å². The van der Waals surface area contributed by atoms with Gasteiger partial charge in [-0.25, -0.2) is 4.98 Å². The van der Waals surface area contributed by atoms with E-state index in [9.17, 15) is 10.1 Å². The van der Waals surface area contributed by atoms with Crippen molar-refractivity contribution in [3.05, 3.63) is 88.8 Å². The fourth-order valence-corrected chi connectivity index (χ4v) is 4.30. The molecular weight excluding hydrogens is 442 g/mol. The van der Waals surface area contributed by atoms with Crippen LogP contribution in [0.3, 0.4) is 0 Å². The Hall–Kier alpha value is -4.18. The Balaban J connectivity index is 1.53. The van der Waals surface area contributed by atoms with E-state index in [-0.39, 0.29) is 5.69 Å². The molecule has 2 heterocycles. The number of non-ortho nitro benzene ring substituents is 1. The van der Waals surface area contributed by atoms with Crippen LogP contribution in [-0.2, 0) is 5.75 Å². The van der Waals surface area contributed by atoms with Gasteiger partial charge in [0.15, 0.2) is 5.16 Å². The van der Waals surface area contributed by atoms with E-state index in [2.05, 4.69) is 15.2 Å². The molecule has 0 aliphatic rings. The van der Waals surface area contributed by atoms with E-state index < -0.39 is 4.92 Å². The van der Waals surface area contributed by atoms with E-state index in [1.807, 2.05) is 59.2 Å². The maximum Gasteiger partial charge on any atom is 0.271 e. The molecule has 0 bridgehead atoms. The predicted molar refractivity (Wildman–Crippen MR) is 124 cm³/mol. The van der Waals surface area contributed by atoms with Crippen molar-refractivity contribution in [3.63, 3.8) is 0 Å². The lowest BCUT2D eigenvalue weighted by atomic mass is 10.2. The monoisotopic (exact) mass is 459 g/mol. The molecule has 0 amide bonds. The maximum absolute atomic E-state index is 11.3. The molecule has 0 atom stereocenters. The molecule has 0 aliphatic carbocycles. The summed E-state index contributed by atoms with van der Waals surface area (Å²) in [7, 11) is 1.60. The molecule has 0 radical (unpaired) electrons. The summed E-state index contributed by atoms with van der Waals surface area (Å²) in [6, 6.07) is 21.7. The first-order valence-corrected chi connectivity index (χ1v) is 10.9. The van der Waals surface area contributed by atoms with Crippen LogP contribution in [-0.4, -0.2) is 31.8 Å². The SMILES string of the molecule is COc1ccccc1-n1c(SCc2nnc(-c3ccccc3)o2)nc2cc([N+](=O)[O-])ccc21. The number of aromatic nitrogens is 4. The quantitative estimate of drug-likeness (QED) is 0.184. The van der Waals surface area contributed by atoms with Crippen molar-refractivity contribution in [2.45, 2.75) is 10.9 Å². The first kappa shape index (κ1) is 20.7. The van der Waals surface area contributed by atoms with Crippen molar-refractivity contribution < 1.29 is 14.1 Å². The van der Waals surface area contributed by atoms with Gasteiger partial charge in [0, 0.05) is 17.7 Å². The summed E-state index contributed by atoms with van der Waals surface area (Å²) in [5.41, 5.74) is 2.83. The number of rotatable bonds is 7. The predicted octanol–water partition coefficient (Wildman–Crippen LogP) is 5.28. The van der Waals surface area contributed by atoms with Gasteiger partial charge in [0.25, 0.3) is 5.69 Å². The van der Waals surface area contributed by atoms with Gasteiger partial charge in [-0.15, -0.1) is 10.2 Å². The van der Waals surface area contributed by atoms with E-state index in [1.54, 1.807) is 13.2 Å². The minimum atomic E-state index is -0.433. The summed E-state index contributed by atoms with van der Waals surface area (Å²) in [6.07, 6.45) is 0. The number of nitrogens with zero attached hydrogens (tertiary/aromatic N) is 5. The van der Waals surface area contributed by atoms with E-state index in [0.717, 1.165) is 16.8 Å². The van der Waals surface area contributed by atoms with Crippen molar-refractivity contribution in [2.24, 2.45) is 0 Å². The molecule has 0 saturated carbocycles. The number of imidazole rings is 1. The van der Waals surface area contributed by atoms with Crippen LogP contribution in [0.5, 0.6) is 5.75 Å². The molecular formula is C23H17N5O4S. The Morgan fingerprint density at radius 3 is 2.64 bits per heavy atom. The molecule has 9 nitrogen and oxygen atoms in total. The Morgan fingerprint density at radius 2 is 1.85 bits per heavy atom. The molecule has 0 aliphatic heterocycles. The van der Waals surface area contributed by atoms with Gasteiger partial charge < -0.3 is 9.15 Å². The van der Waals surface area contributed by atoms with Gasteiger partial charge >= 0.3 is 0 Å². The highest BCUT2D eigenvalue weighted by atomic mass is 32.2. The number of para-hydroxylation sites is 2. The van der Waals surface area contributed by atoms with Gasteiger partial charge in [-0.2, -0.15) is 0 Å². The van der Waals surface area contributed by atoms with Crippen molar-refractivity contribution in [3.8, 4) is 22.9 Å². The number of nitro benzene ring substituents is 1. The summed E-state index contributed by atoms with van der Waals surface area (Å²) in [5.74, 6) is 1.92. The molecule has 164 valence electrons. The first-order valence-electron chi connectivity index (χ1n) is 9.95. The van der Waals surface area contributed by atoms with Crippen molar-refractivity contribution in [1.82, 2.24) is 19.7 Å². The van der Waals surface area contributed by atoms with E-state index >= 15 is 0 Å². The highest BCUT2D eigenvalue weighted by Crippen LogP contribution is 2.35. The lowest BCUT2D eigenvalue weighted by Gasteiger charge is -2.12. The second-order valence-electron chi connectivity index (χ2n) is 6.99. The van der Waals surface area contributed by atoms with Crippen LogP contribution in [0.25, 0.3) is 28.2 Å². The summed E-state index contributed by atoms with van der Waals surface area (Å²) in [6.45, 7) is 0. The topological polar surface area (TPSA) is 109 Å². The van der Waals surface area contributed by atoms with Gasteiger partial charge in [0.1, 0.15) is 5.75 Å². The summed E-state index contributed by atoms with van der Waals surface area (Å²) in [4.78, 5) is 15.5. The van der Waals surface area contributed by atoms with Crippen LogP contribution in [0.15, 0.2) is 82.4 Å². The van der Waals surface area contributed by atoms with E-state index in [1.165, 1.54) is 23.9 Å². The minimum absolute atomic E-state index is 0.0202. The average Bonchev–Trinajstić information content (AvgIpc) is 3.47. The summed E-state index contributed by atoms with van der Waals surface area (Å²) >= 11 is 1.39. The van der Waals surface area contributed by atoms with Crippen LogP contribution >= 0.6 is 11.8 Å². The molecule has 5 aromatic rings. The first-order chi connectivity index (χ1) is 16.1. The smallest absolute Gasteiger partial charge is 0.271 e. The fourth-order valence-electron chi connectivity index (χ4n) is 3.44. The number of hydrogen-bond acceptors (Lipinski definition) is 8. The van der Waals surface area contributed by atoms with Crippen LogP contribution in [0, 0.1) is 10.1 Å². The number of ether oxygens (including phenoxy) is 1. The third-order valence-electron chi connectivity index (χ3n) is 4.96. The zero-order valence-corrected chi connectivity index (χ0v) is 18.2. The Morgan fingerprint density at radius 1 is 1.06 bits per heavy atom. The van der Waals surface area contributed by atoms with E-state index in [4.69, 9.17) is 9.15 Å². The largest absolute Gasteiger partial charge is 0.495 e. The molecule has 3 aromatic carbocycles. The number of benzene rings is 3. The number of methoxy groups -OCH3 is 1. The Labute approximate surface area is 192 Å². The van der Waals surface area contributed by atoms with Crippen molar-refractivity contribution in [2.75, 3.05) is 7.11 Å². The van der Waals surface area contributed by atoms with Crippen LogP contribution in [0.2, 0.25) is 0 Å². The minimum Gasteiger partial charge on any atom is -0.495 e. The molecule has 5 rings (SSSR count). The van der Waals surface area contributed by atoms with Gasteiger partial charge in [-0.1, -0.05) is 42.1 Å². The molecule has 0 saturated heterocycles. The van der Waals surface area contributed by atoms with Gasteiger partial charge in [0.2, 0.25) is 11.8 Å². The zero-order chi connectivity index (χ0) is 22.8. The fraction of sp³-hybridized carbons (Fsp3) is 0.0870. The molecule has 33 heavy (non-hydrogen) atoms. The summed E-state index contributed by atoms with van der Waals surface area (Å²) in [5, 5.41) is 20.1. The summed E-state index contributed by atoms with van der Waals surface area (Å²) < 4.78 is 13.3. The van der Waals surface area contributed by atoms with Crippen LogP contribution in [0.1, 0.15) is 5.89 Å². The van der Waals surface area contributed by atoms with Crippen molar-refractivity contribution >= 4 is 28.5 Å². The lowest BCUT2D eigenvalue weighted by Crippen LogP contribution is -2.00.